The Kier molecular flexibility index (Phi) is 6.93. The minimum Gasteiger partial charge on any atom is -0.310 e. The summed E-state index contributed by atoms with van der Waals surface area (Å²) in [6.45, 7) is 0. The molecule has 0 aromatic heterocycles. The normalized spacial score (nSPS) is 13.4. The van der Waals surface area contributed by atoms with Gasteiger partial charge in [0.15, 0.2) is 0 Å². The molecule has 0 unspecified atom stereocenters. The van der Waals surface area contributed by atoms with Crippen LogP contribution in [0.3, 0.4) is 0 Å². The summed E-state index contributed by atoms with van der Waals surface area (Å²) >= 11 is 0. The minimum atomic E-state index is 1.15. The third kappa shape index (κ3) is 4.85. The highest BCUT2D eigenvalue weighted by atomic mass is 15.1. The highest BCUT2D eigenvalue weighted by Gasteiger charge is 2.13. The summed E-state index contributed by atoms with van der Waals surface area (Å²) in [7, 11) is 0. The molecule has 0 N–H and O–H groups in total. The lowest BCUT2D eigenvalue weighted by Gasteiger charge is -2.26. The quantitative estimate of drug-likeness (QED) is 0.205. The maximum Gasteiger partial charge on any atom is 0.0468 e. The first-order valence-electron chi connectivity index (χ1n) is 15.9. The third-order valence-electron chi connectivity index (χ3n) is 9.24. The highest BCUT2D eigenvalue weighted by molar-refractivity contribution is 5.77. The first-order valence-corrected chi connectivity index (χ1v) is 15.9. The average molecular weight is 566 g/mol. The van der Waals surface area contributed by atoms with Gasteiger partial charge in [-0.05, 0) is 109 Å². The van der Waals surface area contributed by atoms with Crippen molar-refractivity contribution in [2.75, 3.05) is 4.90 Å². The lowest BCUT2D eigenvalue weighted by atomic mass is 9.93. The van der Waals surface area contributed by atoms with E-state index in [0.717, 1.165) is 17.1 Å². The Morgan fingerprint density at radius 3 is 1.34 bits per heavy atom. The number of para-hydroxylation sites is 1. The molecule has 44 heavy (non-hydrogen) atoms. The number of fused-ring (bicyclic) bond motifs is 4. The van der Waals surface area contributed by atoms with Crippen molar-refractivity contribution in [2.24, 2.45) is 0 Å². The van der Waals surface area contributed by atoms with Gasteiger partial charge in [-0.1, -0.05) is 127 Å². The molecule has 0 amide bonds. The van der Waals surface area contributed by atoms with Gasteiger partial charge in [-0.25, -0.2) is 0 Å². The molecule has 0 saturated heterocycles. The fraction of sp³-hybridized carbons (Fsp3) is 0.116. The van der Waals surface area contributed by atoms with Gasteiger partial charge in [0.25, 0.3) is 0 Å². The van der Waals surface area contributed by atoms with Crippen LogP contribution in [0.15, 0.2) is 151 Å². The molecule has 1 fully saturated rings. The zero-order valence-electron chi connectivity index (χ0n) is 24.9. The largest absolute Gasteiger partial charge is 0.310 e. The van der Waals surface area contributed by atoms with Gasteiger partial charge >= 0.3 is 0 Å². The van der Waals surface area contributed by atoms with Gasteiger partial charge in [0.05, 0.1) is 0 Å². The predicted octanol–water partition coefficient (Wildman–Crippen LogP) is 11.0. The molecule has 2 aliphatic rings. The maximum atomic E-state index is 2.41. The highest BCUT2D eigenvalue weighted by Crippen LogP contribution is 2.35. The van der Waals surface area contributed by atoms with E-state index < -0.39 is 0 Å². The van der Waals surface area contributed by atoms with Crippen LogP contribution < -0.4 is 4.90 Å². The number of benzene rings is 6. The van der Waals surface area contributed by atoms with Gasteiger partial charge in [-0.2, -0.15) is 0 Å². The second kappa shape index (κ2) is 11.5. The van der Waals surface area contributed by atoms with Crippen LogP contribution in [0.4, 0.5) is 17.1 Å². The SMILES string of the molecule is C(=C1CCCCC1)c1ccc(N(c2ccccc2)c2ccc3c(c2)=c2ccccc2=c2ccccc2=c2ccccc2=3)cc1. The third-order valence-corrected chi connectivity index (χ3v) is 9.24. The summed E-state index contributed by atoms with van der Waals surface area (Å²) in [6, 6.07) is 53.4. The van der Waals surface area contributed by atoms with Crippen LogP contribution in [0.25, 0.3) is 6.08 Å². The summed E-state index contributed by atoms with van der Waals surface area (Å²) in [5, 5.41) is 10.1. The molecule has 0 radical (unpaired) electrons. The Morgan fingerprint density at radius 2 is 0.795 bits per heavy atom. The van der Waals surface area contributed by atoms with Crippen molar-refractivity contribution in [3.05, 3.63) is 198 Å². The number of nitrogens with zero attached hydrogens (tertiary/aromatic N) is 1. The zero-order chi connectivity index (χ0) is 29.3. The van der Waals surface area contributed by atoms with E-state index in [0.29, 0.717) is 0 Å². The molecule has 1 saturated carbocycles. The Morgan fingerprint density at radius 1 is 0.364 bits per heavy atom. The first kappa shape index (κ1) is 26.5. The Bertz CT molecular complexity index is 2400. The molecule has 6 aromatic rings. The number of allylic oxidation sites excluding steroid dienone is 1. The molecule has 8 rings (SSSR count). The van der Waals surface area contributed by atoms with Crippen molar-refractivity contribution in [3.8, 4) is 0 Å². The zero-order valence-corrected chi connectivity index (χ0v) is 24.9. The van der Waals surface area contributed by atoms with Crippen LogP contribution in [-0.2, 0) is 0 Å². The fourth-order valence-corrected chi connectivity index (χ4v) is 7.12. The van der Waals surface area contributed by atoms with E-state index in [1.165, 1.54) is 79.4 Å². The number of hydrogen-bond acceptors (Lipinski definition) is 1. The molecular formula is C43H35N. The first-order chi connectivity index (χ1) is 21.8. The van der Waals surface area contributed by atoms with Crippen molar-refractivity contribution in [1.29, 1.82) is 0 Å². The van der Waals surface area contributed by atoms with Gasteiger partial charge in [-0.15, -0.1) is 0 Å². The van der Waals surface area contributed by atoms with Gasteiger partial charge in [0, 0.05) is 17.1 Å². The van der Waals surface area contributed by atoms with Crippen LogP contribution in [0.2, 0.25) is 0 Å². The maximum absolute atomic E-state index is 2.41. The molecule has 1 heteroatoms. The van der Waals surface area contributed by atoms with Gasteiger partial charge in [-0.3, -0.25) is 0 Å². The minimum absolute atomic E-state index is 1.15. The lowest BCUT2D eigenvalue weighted by molar-refractivity contribution is 0.602. The standard InChI is InChI=1S/C43H35N/c1-3-13-31(14-4-1)29-32-23-25-34(26-24-32)44(33-15-5-2-6-16-33)35-27-28-42-40-21-10-9-19-38(40)36-17-7-8-18-37(36)39-20-11-12-22-41(39)43(42)30-35/h2,5-12,15-30H,1,3-4,13-14H2. The number of anilines is 3. The van der Waals surface area contributed by atoms with Gasteiger partial charge in [0.1, 0.15) is 0 Å². The summed E-state index contributed by atoms with van der Waals surface area (Å²) in [5.74, 6) is 0. The van der Waals surface area contributed by atoms with Crippen molar-refractivity contribution in [3.63, 3.8) is 0 Å². The molecular weight excluding hydrogens is 530 g/mol. The molecule has 0 heterocycles. The van der Waals surface area contributed by atoms with Crippen molar-refractivity contribution in [2.45, 2.75) is 32.1 Å². The Balaban J connectivity index is 1.42. The lowest BCUT2D eigenvalue weighted by Crippen LogP contribution is -2.10. The second-order valence-electron chi connectivity index (χ2n) is 12.0. The van der Waals surface area contributed by atoms with Crippen LogP contribution >= 0.6 is 0 Å². The van der Waals surface area contributed by atoms with Crippen LogP contribution in [0.5, 0.6) is 0 Å². The topological polar surface area (TPSA) is 3.24 Å². The Hall–Kier alpha value is -5.14. The molecule has 0 bridgehead atoms. The molecule has 212 valence electrons. The van der Waals surface area contributed by atoms with Gasteiger partial charge in [0.2, 0.25) is 0 Å². The van der Waals surface area contributed by atoms with Crippen LogP contribution in [-0.4, -0.2) is 0 Å². The molecule has 0 aliphatic heterocycles. The van der Waals surface area contributed by atoms with E-state index in [1.54, 1.807) is 5.57 Å². The number of hydrogen-bond donors (Lipinski definition) is 0. The molecule has 6 aromatic carbocycles. The summed E-state index contributed by atoms with van der Waals surface area (Å²) < 4.78 is 0. The Labute approximate surface area is 258 Å². The summed E-state index contributed by atoms with van der Waals surface area (Å²) in [5.41, 5.74) is 6.34. The van der Waals surface area contributed by atoms with E-state index in [9.17, 15) is 0 Å². The average Bonchev–Trinajstić information content (AvgIpc) is 3.09. The van der Waals surface area contributed by atoms with Crippen molar-refractivity contribution >= 4 is 23.1 Å². The predicted molar refractivity (Wildman–Crippen MR) is 182 cm³/mol. The monoisotopic (exact) mass is 565 g/mol. The fourth-order valence-electron chi connectivity index (χ4n) is 7.12. The van der Waals surface area contributed by atoms with Gasteiger partial charge < -0.3 is 4.90 Å². The van der Waals surface area contributed by atoms with E-state index >= 15 is 0 Å². The molecule has 0 spiro atoms. The van der Waals surface area contributed by atoms with E-state index in [4.69, 9.17) is 0 Å². The molecule has 0 atom stereocenters. The summed E-state index contributed by atoms with van der Waals surface area (Å²) in [6.07, 6.45) is 8.90. The molecule has 2 aliphatic carbocycles. The van der Waals surface area contributed by atoms with E-state index in [1.807, 2.05) is 0 Å². The second-order valence-corrected chi connectivity index (χ2v) is 12.0. The smallest absolute Gasteiger partial charge is 0.0468 e. The van der Waals surface area contributed by atoms with Crippen LogP contribution in [0.1, 0.15) is 37.7 Å². The number of rotatable bonds is 4. The van der Waals surface area contributed by atoms with Crippen molar-refractivity contribution < 1.29 is 0 Å². The van der Waals surface area contributed by atoms with Crippen LogP contribution in [0, 0.1) is 41.7 Å². The summed E-state index contributed by atoms with van der Waals surface area (Å²) in [4.78, 5) is 2.39. The molecule has 1 nitrogen and oxygen atoms in total. The van der Waals surface area contributed by atoms with E-state index in [-0.39, 0.29) is 0 Å². The van der Waals surface area contributed by atoms with E-state index in [2.05, 4.69) is 157 Å². The van der Waals surface area contributed by atoms with Crippen molar-refractivity contribution in [1.82, 2.24) is 0 Å².